The molecule has 6 heteroatoms. The molecule has 0 radical (unpaired) electrons. The lowest BCUT2D eigenvalue weighted by molar-refractivity contribution is 0.250. The van der Waals surface area contributed by atoms with Gasteiger partial charge in [0.15, 0.2) is 0 Å². The van der Waals surface area contributed by atoms with Gasteiger partial charge in [0, 0.05) is 6.54 Å². The summed E-state index contributed by atoms with van der Waals surface area (Å²) in [5.41, 5.74) is 0. The predicted molar refractivity (Wildman–Crippen MR) is 44.2 cm³/mol. The molecule has 72 valence electrons. The first kappa shape index (κ1) is 9.50. The lowest BCUT2D eigenvalue weighted by Crippen LogP contribution is -2.30. The van der Waals surface area contributed by atoms with Crippen LogP contribution in [-0.2, 0) is 0 Å². The Bertz CT molecular complexity index is 287. The summed E-state index contributed by atoms with van der Waals surface area (Å²) >= 11 is 0. The number of hydrogen-bond acceptors (Lipinski definition) is 3. The summed E-state index contributed by atoms with van der Waals surface area (Å²) in [6, 6.07) is -0.423. The van der Waals surface area contributed by atoms with Gasteiger partial charge in [0.1, 0.15) is 12.4 Å². The lowest BCUT2D eigenvalue weighted by atomic mass is 10.6. The highest BCUT2D eigenvalue weighted by molar-refractivity contribution is 5.86. The van der Waals surface area contributed by atoms with Gasteiger partial charge in [0.2, 0.25) is 0 Å². The van der Waals surface area contributed by atoms with Crippen molar-refractivity contribution in [2.45, 2.75) is 6.92 Å². The Kier molecular flexibility index (Phi) is 3.24. The number of anilines is 1. The second kappa shape index (κ2) is 4.44. The van der Waals surface area contributed by atoms with E-state index in [1.54, 1.807) is 6.92 Å². The fraction of sp³-hybridized carbons (Fsp3) is 0.429. The first-order valence-electron chi connectivity index (χ1n) is 3.75. The number of carbonyl (C=O) groups excluding carboxylic acids is 1. The zero-order chi connectivity index (χ0) is 9.68. The first-order chi connectivity index (χ1) is 6.22. The maximum atomic E-state index is 11.6. The molecule has 1 aromatic rings. The largest absolute Gasteiger partial charge is 0.429 e. The van der Waals surface area contributed by atoms with Gasteiger partial charge in [-0.25, -0.2) is 14.2 Å². The molecule has 0 spiro atoms. The molecule has 1 rings (SSSR count). The SMILES string of the molecule is Cc1cnc(NC(=O)NCCF)o1. The molecule has 0 unspecified atom stereocenters. The molecular weight excluding hydrogens is 177 g/mol. The number of aryl methyl sites for hydroxylation is 1. The Morgan fingerprint density at radius 2 is 2.54 bits per heavy atom. The monoisotopic (exact) mass is 187 g/mol. The molecular formula is C7H10FN3O2. The van der Waals surface area contributed by atoms with Crippen molar-refractivity contribution in [3.05, 3.63) is 12.0 Å². The molecule has 0 saturated carbocycles. The Balaban J connectivity index is 2.36. The third-order valence-electron chi connectivity index (χ3n) is 1.22. The summed E-state index contributed by atoms with van der Waals surface area (Å²) in [4.78, 5) is 14.6. The summed E-state index contributed by atoms with van der Waals surface area (Å²) in [5, 5.41) is 4.57. The molecule has 0 atom stereocenters. The molecule has 1 heterocycles. The predicted octanol–water partition coefficient (Wildman–Crippen LogP) is 1.07. The summed E-state index contributed by atoms with van der Waals surface area (Å²) in [5.74, 6) is 0.598. The van der Waals surface area contributed by atoms with E-state index in [0.29, 0.717) is 5.76 Å². The van der Waals surface area contributed by atoms with Crippen LogP contribution in [0.25, 0.3) is 0 Å². The van der Waals surface area contributed by atoms with Gasteiger partial charge in [-0.3, -0.25) is 5.32 Å². The molecule has 0 aliphatic rings. The van der Waals surface area contributed by atoms with Gasteiger partial charge in [0.25, 0.3) is 0 Å². The molecule has 0 saturated heterocycles. The van der Waals surface area contributed by atoms with Crippen LogP contribution in [0.5, 0.6) is 0 Å². The van der Waals surface area contributed by atoms with Crippen molar-refractivity contribution < 1.29 is 13.6 Å². The molecule has 2 amide bonds. The van der Waals surface area contributed by atoms with E-state index in [4.69, 9.17) is 4.42 Å². The highest BCUT2D eigenvalue weighted by Crippen LogP contribution is 2.05. The summed E-state index contributed by atoms with van der Waals surface area (Å²) in [6.45, 7) is 1.08. The first-order valence-corrected chi connectivity index (χ1v) is 3.75. The topological polar surface area (TPSA) is 67.2 Å². The van der Waals surface area contributed by atoms with E-state index in [0.717, 1.165) is 0 Å². The van der Waals surface area contributed by atoms with Crippen molar-refractivity contribution in [3.8, 4) is 0 Å². The van der Waals surface area contributed by atoms with Crippen molar-refractivity contribution in [2.24, 2.45) is 0 Å². The van der Waals surface area contributed by atoms with Gasteiger partial charge in [-0.15, -0.1) is 0 Å². The highest BCUT2D eigenvalue weighted by atomic mass is 19.1. The molecule has 13 heavy (non-hydrogen) atoms. The van der Waals surface area contributed by atoms with Gasteiger partial charge < -0.3 is 9.73 Å². The molecule has 0 aliphatic carbocycles. The Labute approximate surface area is 74.3 Å². The Morgan fingerprint density at radius 1 is 1.77 bits per heavy atom. The van der Waals surface area contributed by atoms with E-state index in [1.165, 1.54) is 6.20 Å². The van der Waals surface area contributed by atoms with Crippen LogP contribution in [0.3, 0.4) is 0 Å². The number of oxazole rings is 1. The minimum absolute atomic E-state index is 0.0223. The molecule has 0 bridgehead atoms. The summed E-state index contributed by atoms with van der Waals surface area (Å²) in [7, 11) is 0. The molecule has 5 nitrogen and oxygen atoms in total. The smallest absolute Gasteiger partial charge is 0.322 e. The summed E-state index contributed by atoms with van der Waals surface area (Å²) in [6.07, 6.45) is 1.48. The Hall–Kier alpha value is -1.59. The maximum Gasteiger partial charge on any atom is 0.322 e. The van der Waals surface area contributed by atoms with E-state index < -0.39 is 12.7 Å². The van der Waals surface area contributed by atoms with Crippen LogP contribution < -0.4 is 10.6 Å². The fourth-order valence-electron chi connectivity index (χ4n) is 0.715. The maximum absolute atomic E-state index is 11.6. The van der Waals surface area contributed by atoms with Gasteiger partial charge in [0.05, 0.1) is 6.20 Å². The Morgan fingerprint density at radius 3 is 3.08 bits per heavy atom. The normalized spacial score (nSPS) is 9.69. The number of nitrogens with zero attached hydrogens (tertiary/aromatic N) is 1. The second-order valence-electron chi connectivity index (χ2n) is 2.35. The summed E-state index contributed by atoms with van der Waals surface area (Å²) < 4.78 is 16.6. The fourth-order valence-corrected chi connectivity index (χ4v) is 0.715. The third-order valence-corrected chi connectivity index (χ3v) is 1.22. The van der Waals surface area contributed by atoms with Crippen LogP contribution >= 0.6 is 0 Å². The molecule has 0 fully saturated rings. The zero-order valence-corrected chi connectivity index (χ0v) is 7.13. The second-order valence-corrected chi connectivity index (χ2v) is 2.35. The van der Waals surface area contributed by atoms with Gasteiger partial charge in [-0.1, -0.05) is 0 Å². The van der Waals surface area contributed by atoms with Crippen LogP contribution in [0.1, 0.15) is 5.76 Å². The lowest BCUT2D eigenvalue weighted by Gasteiger charge is -2.00. The van der Waals surface area contributed by atoms with Gasteiger partial charge in [-0.2, -0.15) is 0 Å². The van der Waals surface area contributed by atoms with E-state index in [2.05, 4.69) is 15.6 Å². The van der Waals surface area contributed by atoms with Crippen LogP contribution in [0.15, 0.2) is 10.6 Å². The number of hydrogen-bond donors (Lipinski definition) is 2. The number of aromatic nitrogens is 1. The number of halogens is 1. The number of nitrogens with one attached hydrogen (secondary N) is 2. The van der Waals surface area contributed by atoms with Crippen molar-refractivity contribution in [3.63, 3.8) is 0 Å². The number of amides is 2. The zero-order valence-electron chi connectivity index (χ0n) is 7.13. The number of urea groups is 1. The highest BCUT2D eigenvalue weighted by Gasteiger charge is 2.04. The van der Waals surface area contributed by atoms with Crippen LogP contribution in [0.2, 0.25) is 0 Å². The average Bonchev–Trinajstić information content (AvgIpc) is 2.48. The van der Waals surface area contributed by atoms with Gasteiger partial charge in [-0.05, 0) is 6.92 Å². The minimum Gasteiger partial charge on any atom is -0.429 e. The van der Waals surface area contributed by atoms with E-state index >= 15 is 0 Å². The third kappa shape index (κ3) is 3.10. The van der Waals surface area contributed by atoms with Crippen LogP contribution in [0, 0.1) is 6.92 Å². The van der Waals surface area contributed by atoms with Gasteiger partial charge >= 0.3 is 12.0 Å². The van der Waals surface area contributed by atoms with Crippen molar-refractivity contribution in [1.82, 2.24) is 10.3 Å². The van der Waals surface area contributed by atoms with Crippen LogP contribution in [0.4, 0.5) is 15.2 Å². The van der Waals surface area contributed by atoms with Crippen molar-refractivity contribution in [1.29, 1.82) is 0 Å². The molecule has 2 N–H and O–H groups in total. The average molecular weight is 187 g/mol. The quantitative estimate of drug-likeness (QED) is 0.743. The number of rotatable bonds is 3. The number of carbonyl (C=O) groups is 1. The van der Waals surface area contributed by atoms with E-state index in [-0.39, 0.29) is 12.6 Å². The van der Waals surface area contributed by atoms with Crippen molar-refractivity contribution >= 4 is 12.0 Å². The van der Waals surface area contributed by atoms with E-state index in [9.17, 15) is 9.18 Å². The standard InChI is InChI=1S/C7H10FN3O2/c1-5-4-10-7(13-5)11-6(12)9-3-2-8/h4H,2-3H2,1H3,(H2,9,10,11,12). The molecule has 0 aromatic carbocycles. The molecule has 0 aliphatic heterocycles. The van der Waals surface area contributed by atoms with E-state index in [1.807, 2.05) is 0 Å². The van der Waals surface area contributed by atoms with Crippen LogP contribution in [-0.4, -0.2) is 24.2 Å². The number of alkyl halides is 1. The van der Waals surface area contributed by atoms with Crippen molar-refractivity contribution in [2.75, 3.05) is 18.5 Å². The molecule has 1 aromatic heterocycles. The minimum atomic E-state index is -0.599.